The molecule has 18 heavy (non-hydrogen) atoms. The number of fused-ring (bicyclic) bond motifs is 1. The molecule has 0 saturated carbocycles. The van der Waals surface area contributed by atoms with Crippen LogP contribution in [0.4, 0.5) is 0 Å². The second-order valence-electron chi connectivity index (χ2n) is 4.14. The minimum Gasteiger partial charge on any atom is -0.479 e. The van der Waals surface area contributed by atoms with Crippen LogP contribution >= 0.6 is 15.9 Å². The highest BCUT2D eigenvalue weighted by Gasteiger charge is 2.23. The van der Waals surface area contributed by atoms with Gasteiger partial charge in [-0.05, 0) is 35.2 Å². The van der Waals surface area contributed by atoms with Gasteiger partial charge in [-0.2, -0.15) is 10.1 Å². The summed E-state index contributed by atoms with van der Waals surface area (Å²) in [5, 5.41) is 4.45. The van der Waals surface area contributed by atoms with Gasteiger partial charge in [0.15, 0.2) is 16.3 Å². The van der Waals surface area contributed by atoms with Gasteiger partial charge in [0.2, 0.25) is 5.88 Å². The maximum Gasteiger partial charge on any atom is 0.243 e. The molecule has 1 saturated heterocycles. The summed E-state index contributed by atoms with van der Waals surface area (Å²) in [4.78, 5) is 8.35. The maximum atomic E-state index is 5.75. The van der Waals surface area contributed by atoms with Crippen molar-refractivity contribution in [2.45, 2.75) is 25.5 Å². The molecule has 1 aliphatic heterocycles. The standard InChI is InChI=1S/C11H13BrN4O2/c1-17-11-9-8(13-6-14-11)10(12)15-16(9)7-4-2-3-5-18-7/h6-7H,2-5H2,1H3. The molecule has 7 heteroatoms. The zero-order valence-electron chi connectivity index (χ0n) is 9.97. The third-order valence-electron chi connectivity index (χ3n) is 3.03. The second-order valence-corrected chi connectivity index (χ2v) is 4.89. The van der Waals surface area contributed by atoms with Gasteiger partial charge in [-0.3, -0.25) is 0 Å². The molecule has 0 aromatic carbocycles. The van der Waals surface area contributed by atoms with Crippen molar-refractivity contribution in [3.05, 3.63) is 10.9 Å². The first kappa shape index (κ1) is 11.9. The Balaban J connectivity index is 2.15. The van der Waals surface area contributed by atoms with Crippen LogP contribution < -0.4 is 4.74 Å². The number of rotatable bonds is 2. The van der Waals surface area contributed by atoms with Crippen molar-refractivity contribution in [3.8, 4) is 5.88 Å². The topological polar surface area (TPSA) is 62.1 Å². The molecular weight excluding hydrogens is 300 g/mol. The lowest BCUT2D eigenvalue weighted by Gasteiger charge is -2.23. The molecule has 0 radical (unpaired) electrons. The summed E-state index contributed by atoms with van der Waals surface area (Å²) in [6.45, 7) is 0.764. The molecule has 96 valence electrons. The van der Waals surface area contributed by atoms with Crippen LogP contribution in [0.2, 0.25) is 0 Å². The van der Waals surface area contributed by atoms with E-state index in [0.717, 1.165) is 36.9 Å². The van der Waals surface area contributed by atoms with Crippen molar-refractivity contribution in [1.82, 2.24) is 19.7 Å². The van der Waals surface area contributed by atoms with Crippen LogP contribution in [0.15, 0.2) is 10.9 Å². The fourth-order valence-electron chi connectivity index (χ4n) is 2.19. The molecule has 0 aliphatic carbocycles. The Morgan fingerprint density at radius 3 is 3.06 bits per heavy atom. The van der Waals surface area contributed by atoms with Crippen LogP contribution in [-0.2, 0) is 4.74 Å². The predicted molar refractivity (Wildman–Crippen MR) is 68.4 cm³/mol. The van der Waals surface area contributed by atoms with Gasteiger partial charge in [0.1, 0.15) is 11.8 Å². The van der Waals surface area contributed by atoms with Crippen LogP contribution in [0.5, 0.6) is 5.88 Å². The van der Waals surface area contributed by atoms with E-state index in [0.29, 0.717) is 10.5 Å². The van der Waals surface area contributed by atoms with Crippen LogP contribution in [-0.4, -0.2) is 33.5 Å². The Bertz CT molecular complexity index is 565. The van der Waals surface area contributed by atoms with E-state index in [1.807, 2.05) is 4.68 Å². The Hall–Kier alpha value is -1.21. The summed E-state index contributed by atoms with van der Waals surface area (Å²) in [7, 11) is 1.59. The number of halogens is 1. The molecule has 3 rings (SSSR count). The summed E-state index contributed by atoms with van der Waals surface area (Å²) in [6.07, 6.45) is 4.60. The van der Waals surface area contributed by atoms with Gasteiger partial charge >= 0.3 is 0 Å². The quantitative estimate of drug-likeness (QED) is 0.851. The maximum absolute atomic E-state index is 5.75. The first-order valence-corrected chi connectivity index (χ1v) is 6.65. The first-order valence-electron chi connectivity index (χ1n) is 5.85. The molecule has 1 fully saturated rings. The average molecular weight is 313 g/mol. The Morgan fingerprint density at radius 2 is 2.33 bits per heavy atom. The van der Waals surface area contributed by atoms with Gasteiger partial charge in [0, 0.05) is 6.61 Å². The minimum absolute atomic E-state index is 0.0625. The Kier molecular flexibility index (Phi) is 3.17. The second kappa shape index (κ2) is 4.81. The fourth-order valence-corrected chi connectivity index (χ4v) is 2.65. The van der Waals surface area contributed by atoms with Crippen molar-refractivity contribution < 1.29 is 9.47 Å². The number of aromatic nitrogens is 4. The lowest BCUT2D eigenvalue weighted by molar-refractivity contribution is -0.0370. The van der Waals surface area contributed by atoms with Crippen molar-refractivity contribution >= 4 is 27.0 Å². The Labute approximate surface area is 112 Å². The molecule has 1 atom stereocenters. The molecule has 0 spiro atoms. The molecule has 1 unspecified atom stereocenters. The molecule has 0 N–H and O–H groups in total. The number of hydrogen-bond acceptors (Lipinski definition) is 5. The highest BCUT2D eigenvalue weighted by atomic mass is 79.9. The molecule has 1 aliphatic rings. The lowest BCUT2D eigenvalue weighted by Crippen LogP contribution is -2.19. The zero-order chi connectivity index (χ0) is 12.5. The van der Waals surface area contributed by atoms with Gasteiger partial charge in [-0.1, -0.05) is 0 Å². The minimum atomic E-state index is -0.0625. The summed E-state index contributed by atoms with van der Waals surface area (Å²) in [5.41, 5.74) is 1.52. The van der Waals surface area contributed by atoms with Crippen LogP contribution in [0, 0.1) is 0 Å². The first-order chi connectivity index (χ1) is 8.81. The van der Waals surface area contributed by atoms with E-state index >= 15 is 0 Å². The summed E-state index contributed by atoms with van der Waals surface area (Å²) < 4.78 is 13.5. The number of hydrogen-bond donors (Lipinski definition) is 0. The monoisotopic (exact) mass is 312 g/mol. The van der Waals surface area contributed by atoms with Crippen LogP contribution in [0.1, 0.15) is 25.5 Å². The van der Waals surface area contributed by atoms with E-state index in [-0.39, 0.29) is 6.23 Å². The molecule has 3 heterocycles. The van der Waals surface area contributed by atoms with Crippen molar-refractivity contribution in [2.75, 3.05) is 13.7 Å². The van der Waals surface area contributed by atoms with E-state index in [4.69, 9.17) is 9.47 Å². The third kappa shape index (κ3) is 1.87. The third-order valence-corrected chi connectivity index (χ3v) is 3.56. The smallest absolute Gasteiger partial charge is 0.243 e. The highest BCUT2D eigenvalue weighted by molar-refractivity contribution is 9.10. The molecule has 0 amide bonds. The van der Waals surface area contributed by atoms with E-state index < -0.39 is 0 Å². The Morgan fingerprint density at radius 1 is 1.44 bits per heavy atom. The lowest BCUT2D eigenvalue weighted by atomic mass is 10.2. The average Bonchev–Trinajstić information content (AvgIpc) is 2.77. The summed E-state index contributed by atoms with van der Waals surface area (Å²) in [5.74, 6) is 0.521. The predicted octanol–water partition coefficient (Wildman–Crippen LogP) is 2.30. The molecule has 0 bridgehead atoms. The van der Waals surface area contributed by atoms with Gasteiger partial charge in [0.05, 0.1) is 7.11 Å². The zero-order valence-corrected chi connectivity index (χ0v) is 11.6. The molecular formula is C11H13BrN4O2. The van der Waals surface area contributed by atoms with Gasteiger partial charge in [0.25, 0.3) is 0 Å². The van der Waals surface area contributed by atoms with Crippen LogP contribution in [0.25, 0.3) is 11.0 Å². The SMILES string of the molecule is COc1ncnc2c(Br)nn(C3CCCCO3)c12. The summed E-state index contributed by atoms with van der Waals surface area (Å²) in [6, 6.07) is 0. The van der Waals surface area contributed by atoms with Crippen LogP contribution in [0.3, 0.4) is 0 Å². The van der Waals surface area contributed by atoms with E-state index in [9.17, 15) is 0 Å². The molecule has 2 aromatic rings. The van der Waals surface area contributed by atoms with E-state index in [2.05, 4.69) is 31.0 Å². The van der Waals surface area contributed by atoms with Gasteiger partial charge in [-0.15, -0.1) is 0 Å². The van der Waals surface area contributed by atoms with Gasteiger partial charge < -0.3 is 9.47 Å². The summed E-state index contributed by atoms with van der Waals surface area (Å²) >= 11 is 3.41. The largest absolute Gasteiger partial charge is 0.479 e. The number of nitrogens with zero attached hydrogens (tertiary/aromatic N) is 4. The van der Waals surface area contributed by atoms with Crippen molar-refractivity contribution in [1.29, 1.82) is 0 Å². The molecule has 2 aromatic heterocycles. The number of ether oxygens (including phenoxy) is 2. The normalized spacial score (nSPS) is 20.2. The fraction of sp³-hybridized carbons (Fsp3) is 0.545. The highest BCUT2D eigenvalue weighted by Crippen LogP contribution is 2.32. The van der Waals surface area contributed by atoms with E-state index in [1.165, 1.54) is 6.33 Å². The van der Waals surface area contributed by atoms with Gasteiger partial charge in [-0.25, -0.2) is 9.67 Å². The van der Waals surface area contributed by atoms with Crippen molar-refractivity contribution in [2.24, 2.45) is 0 Å². The van der Waals surface area contributed by atoms with E-state index in [1.54, 1.807) is 7.11 Å². The molecule has 6 nitrogen and oxygen atoms in total. The number of methoxy groups -OCH3 is 1. The van der Waals surface area contributed by atoms with Crippen molar-refractivity contribution in [3.63, 3.8) is 0 Å².